The summed E-state index contributed by atoms with van der Waals surface area (Å²) in [6, 6.07) is 12.3. The topological polar surface area (TPSA) is 134 Å². The third-order valence-corrected chi connectivity index (χ3v) is 9.59. The summed E-state index contributed by atoms with van der Waals surface area (Å²) in [5.74, 6) is -2.19. The minimum absolute atomic E-state index is 0.101. The van der Waals surface area contributed by atoms with Gasteiger partial charge in [0, 0.05) is 13.0 Å². The molecule has 2 aliphatic carbocycles. The van der Waals surface area contributed by atoms with Crippen molar-refractivity contribution in [1.82, 2.24) is 15.5 Å². The molecule has 3 fully saturated rings. The second kappa shape index (κ2) is 13.4. The summed E-state index contributed by atoms with van der Waals surface area (Å²) >= 11 is 0. The van der Waals surface area contributed by atoms with E-state index in [9.17, 15) is 24.3 Å². The fourth-order valence-electron chi connectivity index (χ4n) is 7.09. The van der Waals surface area contributed by atoms with Gasteiger partial charge in [0.15, 0.2) is 0 Å². The second-order valence-corrected chi connectivity index (χ2v) is 13.9. The van der Waals surface area contributed by atoms with E-state index in [-0.39, 0.29) is 30.7 Å². The Morgan fingerprint density at radius 3 is 2.42 bits per heavy atom. The zero-order valence-electron chi connectivity index (χ0n) is 26.8. The Kier molecular flexibility index (Phi) is 9.72. The van der Waals surface area contributed by atoms with Crippen molar-refractivity contribution in [1.29, 1.82) is 0 Å². The minimum atomic E-state index is -1.32. The molecule has 5 rings (SSSR count). The number of likely N-dealkylation sites (tertiary alicyclic amines) is 1. The Bertz CT molecular complexity index is 1410. The lowest BCUT2D eigenvalue weighted by Crippen LogP contribution is -2.58. The number of amides is 3. The van der Waals surface area contributed by atoms with E-state index in [0.29, 0.717) is 19.4 Å². The molecule has 10 heteroatoms. The molecule has 2 saturated carbocycles. The predicted molar refractivity (Wildman–Crippen MR) is 169 cm³/mol. The number of benzene rings is 2. The SMILES string of the molecule is CCC1CC1(NC(=O)[C@@H]1C[C@@H](OCc2cccc3ccccc23)CN1C(=O)[C@@H](NC(=O)OC(C)(C)C)C1CCCCC1)C(=O)O. The third-order valence-electron chi connectivity index (χ3n) is 9.59. The maximum absolute atomic E-state index is 14.4. The zero-order chi connectivity index (χ0) is 32.4. The highest BCUT2D eigenvalue weighted by atomic mass is 16.6. The number of carbonyl (C=O) groups is 4. The maximum atomic E-state index is 14.4. The molecular formula is C35H47N3O7. The molecule has 0 aromatic heterocycles. The first-order chi connectivity index (χ1) is 21.4. The predicted octanol–water partition coefficient (Wildman–Crippen LogP) is 5.17. The molecule has 0 radical (unpaired) electrons. The van der Waals surface area contributed by atoms with E-state index in [0.717, 1.165) is 48.4 Å². The summed E-state index contributed by atoms with van der Waals surface area (Å²) in [4.78, 5) is 54.9. The van der Waals surface area contributed by atoms with Crippen molar-refractivity contribution in [3.63, 3.8) is 0 Å². The van der Waals surface area contributed by atoms with Crippen molar-refractivity contribution in [2.24, 2.45) is 11.8 Å². The van der Waals surface area contributed by atoms with Gasteiger partial charge in [0.05, 0.1) is 12.7 Å². The van der Waals surface area contributed by atoms with Gasteiger partial charge >= 0.3 is 12.1 Å². The fraction of sp³-hybridized carbons (Fsp3) is 0.600. The van der Waals surface area contributed by atoms with Crippen LogP contribution in [0.4, 0.5) is 4.79 Å². The number of alkyl carbamates (subject to hydrolysis) is 1. The molecule has 1 heterocycles. The van der Waals surface area contributed by atoms with Gasteiger partial charge in [0.25, 0.3) is 0 Å². The van der Waals surface area contributed by atoms with E-state index >= 15 is 0 Å². The number of hydrogen-bond acceptors (Lipinski definition) is 6. The summed E-state index contributed by atoms with van der Waals surface area (Å²) in [6.07, 6.45) is 4.59. The lowest BCUT2D eigenvalue weighted by Gasteiger charge is -2.35. The van der Waals surface area contributed by atoms with Gasteiger partial charge in [0.2, 0.25) is 11.8 Å². The number of aliphatic carboxylic acids is 1. The quantitative estimate of drug-likeness (QED) is 0.333. The largest absolute Gasteiger partial charge is 0.479 e. The number of carbonyl (C=O) groups excluding carboxylic acids is 3. The molecule has 3 aliphatic rings. The molecule has 1 saturated heterocycles. The molecule has 2 aromatic rings. The number of carboxylic acids is 1. The molecule has 5 atom stereocenters. The van der Waals surface area contributed by atoms with Crippen molar-refractivity contribution in [2.75, 3.05) is 6.54 Å². The van der Waals surface area contributed by atoms with Crippen LogP contribution in [0.2, 0.25) is 0 Å². The normalized spacial score (nSPS) is 25.9. The summed E-state index contributed by atoms with van der Waals surface area (Å²) in [5.41, 5.74) is -1.06. The molecule has 10 nitrogen and oxygen atoms in total. The van der Waals surface area contributed by atoms with Crippen LogP contribution in [0, 0.1) is 11.8 Å². The minimum Gasteiger partial charge on any atom is -0.479 e. The molecule has 3 amide bonds. The van der Waals surface area contributed by atoms with Crippen LogP contribution in [0.3, 0.4) is 0 Å². The molecule has 3 N–H and O–H groups in total. The van der Waals surface area contributed by atoms with Crippen LogP contribution in [0.5, 0.6) is 0 Å². The molecule has 2 aromatic carbocycles. The van der Waals surface area contributed by atoms with Crippen molar-refractivity contribution in [3.8, 4) is 0 Å². The number of rotatable bonds is 10. The van der Waals surface area contributed by atoms with Gasteiger partial charge in [-0.3, -0.25) is 9.59 Å². The number of nitrogens with zero attached hydrogens (tertiary/aromatic N) is 1. The highest BCUT2D eigenvalue weighted by Crippen LogP contribution is 2.46. The summed E-state index contributed by atoms with van der Waals surface area (Å²) in [5, 5.41) is 17.8. The van der Waals surface area contributed by atoms with Crippen LogP contribution in [0.25, 0.3) is 10.8 Å². The van der Waals surface area contributed by atoms with Crippen molar-refractivity contribution in [2.45, 2.75) is 115 Å². The first kappa shape index (κ1) is 32.7. The van der Waals surface area contributed by atoms with Gasteiger partial charge in [-0.15, -0.1) is 0 Å². The Morgan fingerprint density at radius 2 is 1.76 bits per heavy atom. The van der Waals surface area contributed by atoms with Crippen LogP contribution in [-0.2, 0) is 30.5 Å². The second-order valence-electron chi connectivity index (χ2n) is 13.9. The number of fused-ring (bicyclic) bond motifs is 1. The average Bonchev–Trinajstić information content (AvgIpc) is 3.56. The summed E-state index contributed by atoms with van der Waals surface area (Å²) < 4.78 is 11.9. The van der Waals surface area contributed by atoms with E-state index in [1.54, 1.807) is 20.8 Å². The van der Waals surface area contributed by atoms with Crippen LogP contribution < -0.4 is 10.6 Å². The van der Waals surface area contributed by atoms with E-state index in [1.165, 1.54) is 4.90 Å². The van der Waals surface area contributed by atoms with Crippen molar-refractivity contribution in [3.05, 3.63) is 48.0 Å². The lowest BCUT2D eigenvalue weighted by atomic mass is 9.83. The Balaban J connectivity index is 1.39. The Labute approximate surface area is 265 Å². The maximum Gasteiger partial charge on any atom is 0.408 e. The van der Waals surface area contributed by atoms with Gasteiger partial charge in [-0.05, 0) is 68.2 Å². The van der Waals surface area contributed by atoms with Crippen LogP contribution >= 0.6 is 0 Å². The van der Waals surface area contributed by atoms with E-state index in [2.05, 4.69) is 10.6 Å². The molecule has 244 valence electrons. The number of nitrogens with one attached hydrogen (secondary N) is 2. The molecule has 45 heavy (non-hydrogen) atoms. The van der Waals surface area contributed by atoms with E-state index in [1.807, 2.05) is 49.4 Å². The molecular weight excluding hydrogens is 574 g/mol. The first-order valence-electron chi connectivity index (χ1n) is 16.4. The van der Waals surface area contributed by atoms with Crippen LogP contribution in [-0.4, -0.2) is 69.8 Å². The van der Waals surface area contributed by atoms with Crippen LogP contribution in [0.1, 0.15) is 84.6 Å². The molecule has 0 bridgehead atoms. The van der Waals surface area contributed by atoms with Gasteiger partial charge in [-0.25, -0.2) is 9.59 Å². The standard InChI is InChI=1S/C35H47N3O7/c1-5-25-19-35(25,32(41)42)37-30(39)28-18-26(44-21-24-16-11-15-22-12-9-10-17-27(22)24)20-38(28)31(40)29(23-13-7-6-8-14-23)36-33(43)45-34(2,3)4/h9-12,15-17,23,25-26,28-29H,5-8,13-14,18-21H2,1-4H3,(H,36,43)(H,37,39)(H,41,42)/t25?,26-,28+,29+,35?/m1/s1. The fourth-order valence-corrected chi connectivity index (χ4v) is 7.09. The Hall–Kier alpha value is -3.66. The zero-order valence-corrected chi connectivity index (χ0v) is 26.8. The molecule has 1 aliphatic heterocycles. The van der Waals surface area contributed by atoms with Crippen molar-refractivity contribution < 1.29 is 33.8 Å². The number of carboxylic acid groups (broad SMARTS) is 1. The van der Waals surface area contributed by atoms with Gasteiger partial charge < -0.3 is 30.1 Å². The number of hydrogen-bond donors (Lipinski definition) is 3. The smallest absolute Gasteiger partial charge is 0.408 e. The first-order valence-corrected chi connectivity index (χ1v) is 16.4. The lowest BCUT2D eigenvalue weighted by molar-refractivity contribution is -0.146. The summed E-state index contributed by atoms with van der Waals surface area (Å²) in [7, 11) is 0. The highest BCUT2D eigenvalue weighted by Gasteiger charge is 2.61. The molecule has 2 unspecified atom stereocenters. The van der Waals surface area contributed by atoms with E-state index in [4.69, 9.17) is 9.47 Å². The van der Waals surface area contributed by atoms with Crippen LogP contribution in [0.15, 0.2) is 42.5 Å². The van der Waals surface area contributed by atoms with Gasteiger partial charge in [0.1, 0.15) is 23.2 Å². The Morgan fingerprint density at radius 1 is 1.04 bits per heavy atom. The highest BCUT2D eigenvalue weighted by molar-refractivity contribution is 5.96. The third kappa shape index (κ3) is 7.43. The van der Waals surface area contributed by atoms with Crippen molar-refractivity contribution >= 4 is 34.6 Å². The summed E-state index contributed by atoms with van der Waals surface area (Å²) in [6.45, 7) is 7.65. The number of ether oxygens (including phenoxy) is 2. The average molecular weight is 622 g/mol. The van der Waals surface area contributed by atoms with Gasteiger partial charge in [-0.1, -0.05) is 75.1 Å². The van der Waals surface area contributed by atoms with Gasteiger partial charge in [-0.2, -0.15) is 0 Å². The molecule has 0 spiro atoms. The monoisotopic (exact) mass is 621 g/mol. The van der Waals surface area contributed by atoms with E-state index < -0.39 is 47.3 Å².